The van der Waals surface area contributed by atoms with Gasteiger partial charge in [0.2, 0.25) is 0 Å². The van der Waals surface area contributed by atoms with Crippen molar-refractivity contribution in [3.05, 3.63) is 59.4 Å². The van der Waals surface area contributed by atoms with Crippen LogP contribution < -0.4 is 0 Å². The van der Waals surface area contributed by atoms with Crippen molar-refractivity contribution in [2.24, 2.45) is 11.8 Å². The number of aryl methyl sites for hydroxylation is 2. The molecule has 1 aliphatic carbocycles. The minimum Gasteiger partial charge on any atom is -0.206 e. The molecule has 0 spiro atoms. The third-order valence-electron chi connectivity index (χ3n) is 5.37. The van der Waals surface area contributed by atoms with Gasteiger partial charge in [-0.1, -0.05) is 69.0 Å². The van der Waals surface area contributed by atoms with Gasteiger partial charge in [-0.05, 0) is 54.4 Å². The van der Waals surface area contributed by atoms with Crippen LogP contribution in [0.25, 0.3) is 11.1 Å². The summed E-state index contributed by atoms with van der Waals surface area (Å²) in [4.78, 5) is 0. The Kier molecular flexibility index (Phi) is 5.15. The van der Waals surface area contributed by atoms with Gasteiger partial charge in [-0.2, -0.15) is 0 Å². The van der Waals surface area contributed by atoms with Crippen molar-refractivity contribution >= 4 is 0 Å². The first-order valence-corrected chi connectivity index (χ1v) is 8.97. The average molecular weight is 312 g/mol. The fourth-order valence-corrected chi connectivity index (χ4v) is 3.69. The monoisotopic (exact) mass is 312 g/mol. The van der Waals surface area contributed by atoms with Crippen molar-refractivity contribution < 1.29 is 5.82 Å². The van der Waals surface area contributed by atoms with Crippen molar-refractivity contribution in [1.29, 1.82) is 0 Å². The molecule has 124 valence electrons. The zero-order valence-electron chi connectivity index (χ0n) is 14.3. The Hall–Kier alpha value is -1.63. The number of hydrogen-bond donors (Lipinski definition) is 0. The van der Waals surface area contributed by atoms with Crippen LogP contribution >= 0.6 is 0 Å². The lowest BCUT2D eigenvalue weighted by Gasteiger charge is -2.26. The van der Waals surface area contributed by atoms with Crippen LogP contribution in [0, 0.1) is 24.6 Å². The molecule has 0 nitrogen and oxygen atoms in total. The molecular formula is C22H29F. The van der Waals surface area contributed by atoms with E-state index in [1.807, 2.05) is 19.1 Å². The quantitative estimate of drug-likeness (QED) is 0.582. The van der Waals surface area contributed by atoms with Gasteiger partial charge in [0.25, 0.3) is 0 Å². The van der Waals surface area contributed by atoms with Gasteiger partial charge in [-0.3, -0.25) is 0 Å². The summed E-state index contributed by atoms with van der Waals surface area (Å²) >= 11 is 0. The number of rotatable bonds is 4. The lowest BCUT2D eigenvalue weighted by Crippen LogP contribution is -2.12. The Morgan fingerprint density at radius 2 is 1.70 bits per heavy atom. The summed E-state index contributed by atoms with van der Waals surface area (Å²) in [5, 5.41) is 0. The van der Waals surface area contributed by atoms with E-state index in [0.717, 1.165) is 29.4 Å². The third kappa shape index (κ3) is 4.22. The third-order valence-corrected chi connectivity index (χ3v) is 5.37. The van der Waals surface area contributed by atoms with Gasteiger partial charge in [0.15, 0.2) is 0 Å². The van der Waals surface area contributed by atoms with E-state index < -0.39 is 0 Å². The van der Waals surface area contributed by atoms with Gasteiger partial charge in [0.1, 0.15) is 5.82 Å². The van der Waals surface area contributed by atoms with Crippen LogP contribution in [-0.4, -0.2) is 0 Å². The molecule has 1 saturated carbocycles. The number of hydrogen-bond acceptors (Lipinski definition) is 0. The van der Waals surface area contributed by atoms with E-state index in [9.17, 15) is 4.39 Å². The van der Waals surface area contributed by atoms with Crippen LogP contribution in [0.2, 0.25) is 0 Å². The Labute approximate surface area is 141 Å². The highest BCUT2D eigenvalue weighted by Crippen LogP contribution is 2.31. The van der Waals surface area contributed by atoms with E-state index in [1.165, 1.54) is 37.7 Å². The summed E-state index contributed by atoms with van der Waals surface area (Å²) in [5.41, 5.74) is 4.01. The second-order valence-corrected chi connectivity index (χ2v) is 7.34. The molecule has 2 aromatic rings. The van der Waals surface area contributed by atoms with Crippen molar-refractivity contribution in [3.8, 4) is 11.1 Å². The van der Waals surface area contributed by atoms with Gasteiger partial charge < -0.3 is 0 Å². The SMILES string of the molecule is Cc1ccc(-c2ccc(CCC3CCC(C)CC3)cc2)c(F)c1.[HH]. The second-order valence-electron chi connectivity index (χ2n) is 7.34. The topological polar surface area (TPSA) is 0 Å². The Morgan fingerprint density at radius 3 is 2.35 bits per heavy atom. The minimum atomic E-state index is -0.130. The first-order valence-electron chi connectivity index (χ1n) is 8.97. The Balaban J connectivity index is 0.00000208. The molecule has 0 aromatic heterocycles. The largest absolute Gasteiger partial charge is 0.206 e. The maximum atomic E-state index is 14.1. The van der Waals surface area contributed by atoms with Gasteiger partial charge >= 0.3 is 0 Å². The average Bonchev–Trinajstić information content (AvgIpc) is 2.55. The summed E-state index contributed by atoms with van der Waals surface area (Å²) in [5.74, 6) is 1.70. The van der Waals surface area contributed by atoms with E-state index in [4.69, 9.17) is 0 Å². The number of benzene rings is 2. The minimum absolute atomic E-state index is 0. The summed E-state index contributed by atoms with van der Waals surface area (Å²) < 4.78 is 14.1. The molecule has 3 rings (SSSR count). The van der Waals surface area contributed by atoms with E-state index in [1.54, 1.807) is 6.07 Å². The first kappa shape index (κ1) is 16.2. The molecular weight excluding hydrogens is 283 g/mol. The number of halogens is 1. The summed E-state index contributed by atoms with van der Waals surface area (Å²) in [6.45, 7) is 4.29. The lowest BCUT2D eigenvalue weighted by atomic mass is 9.80. The van der Waals surface area contributed by atoms with Crippen LogP contribution in [0.4, 0.5) is 4.39 Å². The van der Waals surface area contributed by atoms with Crippen molar-refractivity contribution in [2.75, 3.05) is 0 Å². The van der Waals surface area contributed by atoms with Gasteiger partial charge in [0.05, 0.1) is 0 Å². The standard InChI is InChI=1S/C22H27F.H2/c1-16-3-6-18(7-4-16)8-9-19-10-12-20(13-11-19)21-14-5-17(2)15-22(21)23;/h5,10-16,18H,3-4,6-9H2,1-2H3;1H. The molecule has 0 amide bonds. The van der Waals surface area contributed by atoms with Gasteiger partial charge in [-0.15, -0.1) is 0 Å². The molecule has 1 heteroatoms. The normalized spacial score (nSPS) is 21.3. The van der Waals surface area contributed by atoms with Crippen LogP contribution in [0.1, 0.15) is 51.6 Å². The van der Waals surface area contributed by atoms with E-state index >= 15 is 0 Å². The van der Waals surface area contributed by atoms with E-state index in [-0.39, 0.29) is 7.24 Å². The fraction of sp³-hybridized carbons (Fsp3) is 0.455. The van der Waals surface area contributed by atoms with Crippen molar-refractivity contribution in [1.82, 2.24) is 0 Å². The van der Waals surface area contributed by atoms with Crippen molar-refractivity contribution in [2.45, 2.75) is 52.4 Å². The first-order chi connectivity index (χ1) is 11.1. The molecule has 2 aromatic carbocycles. The zero-order valence-corrected chi connectivity index (χ0v) is 14.3. The molecule has 0 unspecified atom stereocenters. The molecule has 0 aliphatic heterocycles. The van der Waals surface area contributed by atoms with Crippen molar-refractivity contribution in [3.63, 3.8) is 0 Å². The van der Waals surface area contributed by atoms with Crippen LogP contribution in [0.15, 0.2) is 42.5 Å². The van der Waals surface area contributed by atoms with Crippen LogP contribution in [0.5, 0.6) is 0 Å². The fourth-order valence-electron chi connectivity index (χ4n) is 3.69. The molecule has 0 radical (unpaired) electrons. The van der Waals surface area contributed by atoms with E-state index in [2.05, 4.69) is 31.2 Å². The molecule has 0 N–H and O–H groups in total. The van der Waals surface area contributed by atoms with Gasteiger partial charge in [-0.25, -0.2) is 4.39 Å². The maximum absolute atomic E-state index is 14.1. The predicted octanol–water partition coefficient (Wildman–Crippen LogP) is 6.81. The lowest BCUT2D eigenvalue weighted by molar-refractivity contribution is 0.278. The summed E-state index contributed by atoms with van der Waals surface area (Å²) in [6, 6.07) is 13.9. The Morgan fingerprint density at radius 1 is 1.00 bits per heavy atom. The predicted molar refractivity (Wildman–Crippen MR) is 98.1 cm³/mol. The molecule has 0 heterocycles. The van der Waals surface area contributed by atoms with Gasteiger partial charge in [0, 0.05) is 6.99 Å². The highest BCUT2D eigenvalue weighted by Gasteiger charge is 2.17. The smallest absolute Gasteiger partial charge is 0.131 e. The van der Waals surface area contributed by atoms with E-state index in [0.29, 0.717) is 5.56 Å². The molecule has 1 aliphatic rings. The highest BCUT2D eigenvalue weighted by molar-refractivity contribution is 5.64. The van der Waals surface area contributed by atoms with Crippen LogP contribution in [-0.2, 0) is 6.42 Å². The summed E-state index contributed by atoms with van der Waals surface area (Å²) in [7, 11) is 0. The molecule has 0 bridgehead atoms. The molecule has 0 saturated heterocycles. The maximum Gasteiger partial charge on any atom is 0.131 e. The summed E-state index contributed by atoms with van der Waals surface area (Å²) in [6.07, 6.45) is 8.04. The van der Waals surface area contributed by atoms with Crippen LogP contribution in [0.3, 0.4) is 0 Å². The highest BCUT2D eigenvalue weighted by atomic mass is 19.1. The Bertz CT molecular complexity index is 640. The molecule has 0 atom stereocenters. The molecule has 23 heavy (non-hydrogen) atoms. The second kappa shape index (κ2) is 7.29. The molecule has 1 fully saturated rings. The zero-order chi connectivity index (χ0) is 16.2.